The normalized spacial score (nSPS) is 20.0. The van der Waals surface area contributed by atoms with Crippen LogP contribution in [0.3, 0.4) is 0 Å². The third-order valence-electron chi connectivity index (χ3n) is 6.45. The van der Waals surface area contributed by atoms with Crippen LogP contribution in [0.2, 0.25) is 10.0 Å². The van der Waals surface area contributed by atoms with E-state index < -0.39 is 10.0 Å². The number of rotatable bonds is 8. The number of amides is 1. The Hall–Kier alpha value is -1.68. The lowest BCUT2D eigenvalue weighted by Gasteiger charge is -2.31. The zero-order valence-electron chi connectivity index (χ0n) is 19.6. The molecule has 0 spiro atoms. The Morgan fingerprint density at radius 1 is 1.00 bits per heavy atom. The monoisotopic (exact) mass is 539 g/mol. The van der Waals surface area contributed by atoms with E-state index in [0.29, 0.717) is 41.5 Å². The molecule has 2 saturated heterocycles. The number of morpholine rings is 1. The molecule has 10 heteroatoms. The fourth-order valence-electron chi connectivity index (χ4n) is 4.53. The van der Waals surface area contributed by atoms with Crippen LogP contribution in [0.5, 0.6) is 0 Å². The number of piperidine rings is 1. The summed E-state index contributed by atoms with van der Waals surface area (Å²) in [7, 11) is -3.58. The van der Waals surface area contributed by atoms with E-state index in [2.05, 4.69) is 22.3 Å². The van der Waals surface area contributed by atoms with Gasteiger partial charge in [0.05, 0.1) is 34.9 Å². The molecule has 2 aliphatic rings. The Morgan fingerprint density at radius 2 is 1.77 bits per heavy atom. The van der Waals surface area contributed by atoms with Gasteiger partial charge in [-0.2, -0.15) is 0 Å². The van der Waals surface area contributed by atoms with Crippen LogP contribution >= 0.6 is 23.2 Å². The summed E-state index contributed by atoms with van der Waals surface area (Å²) in [6.45, 7) is 5.25. The van der Waals surface area contributed by atoms with Gasteiger partial charge >= 0.3 is 0 Å². The van der Waals surface area contributed by atoms with Gasteiger partial charge in [-0.05, 0) is 41.7 Å². The average Bonchev–Trinajstić information content (AvgIpc) is 2.85. The highest BCUT2D eigenvalue weighted by molar-refractivity contribution is 7.88. The molecular formula is C25H31Cl2N3O4S. The molecule has 2 aromatic carbocycles. The number of benzene rings is 2. The summed E-state index contributed by atoms with van der Waals surface area (Å²) in [5, 5.41) is 3.72. The number of carbonyl (C=O) groups excluding carboxylic acids is 1. The highest BCUT2D eigenvalue weighted by Crippen LogP contribution is 2.26. The first-order chi connectivity index (χ1) is 16.8. The SMILES string of the molecule is O=C(NCc1cccc(CN2CCOCC2)c1)C1CCCN(S(=O)(=O)Cc2ccc(Cl)c(Cl)c2)C1. The van der Waals surface area contributed by atoms with Gasteiger partial charge in [-0.3, -0.25) is 9.69 Å². The van der Waals surface area contributed by atoms with Gasteiger partial charge in [0.15, 0.2) is 0 Å². The molecule has 1 amide bonds. The second-order valence-electron chi connectivity index (χ2n) is 9.13. The molecule has 4 rings (SSSR count). The fourth-order valence-corrected chi connectivity index (χ4v) is 6.45. The first-order valence-electron chi connectivity index (χ1n) is 11.9. The standard InChI is InChI=1S/C25H31Cl2N3O4S/c26-23-7-6-21(14-24(23)27)18-35(32,33)30-8-2-5-22(17-30)25(31)28-15-19-3-1-4-20(13-19)16-29-9-11-34-12-10-29/h1,3-4,6-7,13-14,22H,2,5,8-12,15-18H2,(H,28,31). The van der Waals surface area contributed by atoms with Crippen molar-refractivity contribution in [3.8, 4) is 0 Å². The minimum Gasteiger partial charge on any atom is -0.379 e. The minimum absolute atomic E-state index is 0.113. The number of hydrogen-bond acceptors (Lipinski definition) is 5. The third-order valence-corrected chi connectivity index (χ3v) is 9.01. The third kappa shape index (κ3) is 7.41. The van der Waals surface area contributed by atoms with Crippen LogP contribution < -0.4 is 5.32 Å². The van der Waals surface area contributed by atoms with Gasteiger partial charge < -0.3 is 10.1 Å². The Labute approximate surface area is 217 Å². The quantitative estimate of drug-likeness (QED) is 0.553. The average molecular weight is 541 g/mol. The molecule has 2 aliphatic heterocycles. The van der Waals surface area contributed by atoms with Gasteiger partial charge in [0, 0.05) is 39.3 Å². The summed E-state index contributed by atoms with van der Waals surface area (Å²) in [6.07, 6.45) is 1.31. The molecule has 0 radical (unpaired) electrons. The number of sulfonamides is 1. The highest BCUT2D eigenvalue weighted by atomic mass is 35.5. The van der Waals surface area contributed by atoms with Gasteiger partial charge in [0.1, 0.15) is 0 Å². The maximum absolute atomic E-state index is 13.0. The van der Waals surface area contributed by atoms with Crippen molar-refractivity contribution in [2.45, 2.75) is 31.7 Å². The maximum atomic E-state index is 13.0. The largest absolute Gasteiger partial charge is 0.379 e. The molecule has 0 saturated carbocycles. The molecule has 0 bridgehead atoms. The van der Waals surface area contributed by atoms with Crippen LogP contribution in [0.25, 0.3) is 0 Å². The van der Waals surface area contributed by atoms with Crippen LogP contribution in [-0.2, 0) is 38.4 Å². The molecular weight excluding hydrogens is 509 g/mol. The number of nitrogens with one attached hydrogen (secondary N) is 1. The number of carbonyl (C=O) groups is 1. The number of hydrogen-bond donors (Lipinski definition) is 1. The van der Waals surface area contributed by atoms with Gasteiger partial charge in [0.2, 0.25) is 15.9 Å². The number of ether oxygens (including phenoxy) is 1. The fraction of sp³-hybridized carbons (Fsp3) is 0.480. The lowest BCUT2D eigenvalue weighted by atomic mass is 9.98. The van der Waals surface area contributed by atoms with Crippen molar-refractivity contribution >= 4 is 39.1 Å². The first-order valence-corrected chi connectivity index (χ1v) is 14.2. The van der Waals surface area contributed by atoms with E-state index in [1.807, 2.05) is 12.1 Å². The smallest absolute Gasteiger partial charge is 0.224 e. The van der Waals surface area contributed by atoms with Crippen molar-refractivity contribution in [3.05, 3.63) is 69.2 Å². The molecule has 2 fully saturated rings. The van der Waals surface area contributed by atoms with Crippen molar-refractivity contribution in [3.63, 3.8) is 0 Å². The van der Waals surface area contributed by atoms with Crippen LogP contribution in [-0.4, -0.2) is 62.9 Å². The first kappa shape index (κ1) is 26.4. The topological polar surface area (TPSA) is 79.0 Å². The Kier molecular flexibility index (Phi) is 9.07. The molecule has 7 nitrogen and oxygen atoms in total. The predicted molar refractivity (Wildman–Crippen MR) is 138 cm³/mol. The Bertz CT molecular complexity index is 1140. The van der Waals surface area contributed by atoms with E-state index in [4.69, 9.17) is 27.9 Å². The van der Waals surface area contributed by atoms with Crippen molar-refractivity contribution in [1.82, 2.24) is 14.5 Å². The summed E-state index contributed by atoms with van der Waals surface area (Å²) in [5.41, 5.74) is 2.81. The zero-order chi connectivity index (χ0) is 24.8. The van der Waals surface area contributed by atoms with E-state index in [9.17, 15) is 13.2 Å². The van der Waals surface area contributed by atoms with Gasteiger partial charge in [-0.25, -0.2) is 12.7 Å². The van der Waals surface area contributed by atoms with E-state index >= 15 is 0 Å². The molecule has 190 valence electrons. The molecule has 35 heavy (non-hydrogen) atoms. The summed E-state index contributed by atoms with van der Waals surface area (Å²) in [4.78, 5) is 15.3. The van der Waals surface area contributed by atoms with Gasteiger partial charge in [-0.1, -0.05) is 53.5 Å². The van der Waals surface area contributed by atoms with E-state index in [1.54, 1.807) is 18.2 Å². The van der Waals surface area contributed by atoms with Crippen molar-refractivity contribution < 1.29 is 17.9 Å². The van der Waals surface area contributed by atoms with Gasteiger partial charge in [-0.15, -0.1) is 0 Å². The zero-order valence-corrected chi connectivity index (χ0v) is 21.9. The lowest BCUT2D eigenvalue weighted by Crippen LogP contribution is -2.45. The maximum Gasteiger partial charge on any atom is 0.224 e. The Morgan fingerprint density at radius 3 is 2.54 bits per heavy atom. The molecule has 2 aromatic rings. The molecule has 0 aromatic heterocycles. The molecule has 0 aliphatic carbocycles. The second-order valence-corrected chi connectivity index (χ2v) is 11.9. The molecule has 1 atom stereocenters. The van der Waals surface area contributed by atoms with Crippen LogP contribution in [0.15, 0.2) is 42.5 Å². The molecule has 2 heterocycles. The van der Waals surface area contributed by atoms with E-state index in [0.717, 1.165) is 38.4 Å². The van der Waals surface area contributed by atoms with Crippen molar-refractivity contribution in [2.24, 2.45) is 5.92 Å². The van der Waals surface area contributed by atoms with Gasteiger partial charge in [0.25, 0.3) is 0 Å². The van der Waals surface area contributed by atoms with Crippen LogP contribution in [0.4, 0.5) is 0 Å². The van der Waals surface area contributed by atoms with Crippen LogP contribution in [0.1, 0.15) is 29.5 Å². The predicted octanol–water partition coefficient (Wildman–Crippen LogP) is 3.68. The van der Waals surface area contributed by atoms with Crippen molar-refractivity contribution in [1.29, 1.82) is 0 Å². The Balaban J connectivity index is 1.31. The second kappa shape index (κ2) is 12.0. The summed E-state index contributed by atoms with van der Waals surface area (Å²) in [5.74, 6) is -0.657. The minimum atomic E-state index is -3.58. The summed E-state index contributed by atoms with van der Waals surface area (Å²) >= 11 is 12.0. The number of halogens is 2. The van der Waals surface area contributed by atoms with E-state index in [1.165, 1.54) is 9.87 Å². The molecule has 1 N–H and O–H groups in total. The highest BCUT2D eigenvalue weighted by Gasteiger charge is 2.32. The summed E-state index contributed by atoms with van der Waals surface area (Å²) < 4.78 is 32.8. The number of nitrogens with zero attached hydrogens (tertiary/aromatic N) is 2. The summed E-state index contributed by atoms with van der Waals surface area (Å²) in [6, 6.07) is 13.0. The lowest BCUT2D eigenvalue weighted by molar-refractivity contribution is -0.126. The van der Waals surface area contributed by atoms with E-state index in [-0.39, 0.29) is 24.1 Å². The van der Waals surface area contributed by atoms with Crippen LogP contribution in [0, 0.1) is 5.92 Å². The molecule has 1 unspecified atom stereocenters. The van der Waals surface area contributed by atoms with Crippen molar-refractivity contribution in [2.75, 3.05) is 39.4 Å².